The Morgan fingerprint density at radius 3 is 2.33 bits per heavy atom. The molecule has 0 atom stereocenters. The van der Waals surface area contributed by atoms with Crippen LogP contribution >= 0.6 is 0 Å². The lowest BCUT2D eigenvalue weighted by Crippen LogP contribution is -2.45. The lowest BCUT2D eigenvalue weighted by molar-refractivity contribution is 0.121. The largest absolute Gasteiger partial charge is 0.296 e. The highest BCUT2D eigenvalue weighted by atomic mass is 15.3. The van der Waals surface area contributed by atoms with Crippen molar-refractivity contribution in [3.05, 3.63) is 59.7 Å². The average molecular weight is 282 g/mol. The topological polar surface area (TPSA) is 32.3 Å². The van der Waals surface area contributed by atoms with Gasteiger partial charge < -0.3 is 0 Å². The van der Waals surface area contributed by atoms with Gasteiger partial charge in [0.2, 0.25) is 0 Å². The highest BCUT2D eigenvalue weighted by molar-refractivity contribution is 5.12. The molecule has 3 heterocycles. The monoisotopic (exact) mass is 282 g/mol. The van der Waals surface area contributed by atoms with Gasteiger partial charge in [0.05, 0.1) is 5.69 Å². The van der Waals surface area contributed by atoms with Crippen molar-refractivity contribution >= 4 is 0 Å². The normalized spacial score (nSPS) is 17.0. The first-order chi connectivity index (χ1) is 10.3. The van der Waals surface area contributed by atoms with Crippen molar-refractivity contribution < 1.29 is 0 Å². The Kier molecular flexibility index (Phi) is 4.58. The van der Waals surface area contributed by atoms with Crippen LogP contribution in [0.3, 0.4) is 0 Å². The Morgan fingerprint density at radius 1 is 0.952 bits per heavy atom. The predicted octanol–water partition coefficient (Wildman–Crippen LogP) is 2.10. The summed E-state index contributed by atoms with van der Waals surface area (Å²) in [6.45, 7) is 8.48. The molecule has 4 nitrogen and oxygen atoms in total. The number of pyridine rings is 2. The van der Waals surface area contributed by atoms with Crippen LogP contribution in [-0.4, -0.2) is 45.9 Å². The van der Waals surface area contributed by atoms with Crippen LogP contribution in [0.15, 0.2) is 42.9 Å². The Morgan fingerprint density at radius 2 is 1.71 bits per heavy atom. The van der Waals surface area contributed by atoms with Crippen molar-refractivity contribution in [2.24, 2.45) is 0 Å². The molecular weight excluding hydrogens is 260 g/mol. The molecule has 4 heteroatoms. The molecule has 3 rings (SSSR count). The molecule has 0 radical (unpaired) electrons. The predicted molar refractivity (Wildman–Crippen MR) is 83.8 cm³/mol. The van der Waals surface area contributed by atoms with Gasteiger partial charge in [-0.25, -0.2) is 0 Å². The second kappa shape index (κ2) is 6.78. The van der Waals surface area contributed by atoms with Gasteiger partial charge in [-0.15, -0.1) is 0 Å². The summed E-state index contributed by atoms with van der Waals surface area (Å²) in [6, 6.07) is 8.43. The van der Waals surface area contributed by atoms with E-state index >= 15 is 0 Å². The van der Waals surface area contributed by atoms with E-state index in [0.29, 0.717) is 0 Å². The van der Waals surface area contributed by atoms with Gasteiger partial charge >= 0.3 is 0 Å². The van der Waals surface area contributed by atoms with Crippen LogP contribution in [-0.2, 0) is 13.1 Å². The number of hydrogen-bond donors (Lipinski definition) is 0. The zero-order valence-corrected chi connectivity index (χ0v) is 12.6. The Bertz CT molecular complexity index is 545. The van der Waals surface area contributed by atoms with E-state index in [1.807, 2.05) is 24.7 Å². The molecule has 1 fully saturated rings. The molecule has 0 unspecified atom stereocenters. The highest BCUT2D eigenvalue weighted by Crippen LogP contribution is 2.10. The maximum absolute atomic E-state index is 4.50. The van der Waals surface area contributed by atoms with E-state index in [-0.39, 0.29) is 0 Å². The van der Waals surface area contributed by atoms with Crippen LogP contribution in [0.1, 0.15) is 16.8 Å². The zero-order valence-electron chi connectivity index (χ0n) is 12.6. The summed E-state index contributed by atoms with van der Waals surface area (Å²) in [5, 5.41) is 0. The second-order valence-electron chi connectivity index (χ2n) is 5.74. The average Bonchev–Trinajstić information content (AvgIpc) is 2.53. The minimum atomic E-state index is 0.959. The van der Waals surface area contributed by atoms with Crippen molar-refractivity contribution in [1.82, 2.24) is 19.8 Å². The Hall–Kier alpha value is -1.78. The zero-order chi connectivity index (χ0) is 14.5. The second-order valence-corrected chi connectivity index (χ2v) is 5.74. The summed E-state index contributed by atoms with van der Waals surface area (Å²) in [5.41, 5.74) is 3.69. The molecule has 0 aromatic carbocycles. The lowest BCUT2D eigenvalue weighted by Gasteiger charge is -2.34. The van der Waals surface area contributed by atoms with Gasteiger partial charge in [-0.1, -0.05) is 12.1 Å². The lowest BCUT2D eigenvalue weighted by atomic mass is 10.2. The van der Waals surface area contributed by atoms with Gasteiger partial charge in [-0.2, -0.15) is 0 Å². The quantitative estimate of drug-likeness (QED) is 0.859. The van der Waals surface area contributed by atoms with Crippen molar-refractivity contribution in [1.29, 1.82) is 0 Å². The van der Waals surface area contributed by atoms with Gasteiger partial charge in [-0.3, -0.25) is 19.8 Å². The molecule has 21 heavy (non-hydrogen) atoms. The molecule has 0 spiro atoms. The number of hydrogen-bond acceptors (Lipinski definition) is 4. The summed E-state index contributed by atoms with van der Waals surface area (Å²) in [5.74, 6) is 0. The molecule has 0 N–H and O–H groups in total. The maximum Gasteiger partial charge on any atom is 0.0544 e. The molecule has 2 aromatic heterocycles. The third-order valence-electron chi connectivity index (χ3n) is 3.95. The first kappa shape index (κ1) is 14.2. The van der Waals surface area contributed by atoms with E-state index in [9.17, 15) is 0 Å². The van der Waals surface area contributed by atoms with Crippen LogP contribution in [0.5, 0.6) is 0 Å². The van der Waals surface area contributed by atoms with Gasteiger partial charge in [-0.05, 0) is 30.2 Å². The Balaban J connectivity index is 1.47. The maximum atomic E-state index is 4.50. The smallest absolute Gasteiger partial charge is 0.0544 e. The number of aromatic nitrogens is 2. The number of rotatable bonds is 4. The summed E-state index contributed by atoms with van der Waals surface area (Å²) in [4.78, 5) is 13.7. The molecule has 0 saturated carbocycles. The highest BCUT2D eigenvalue weighted by Gasteiger charge is 2.17. The standard InChI is InChI=1S/C17H22N4/c1-15-4-5-17(19-11-15)14-21-9-7-20(8-10-21)13-16-3-2-6-18-12-16/h2-6,11-12H,7-10,13-14H2,1H3. The molecular formula is C17H22N4. The first-order valence-electron chi connectivity index (χ1n) is 7.55. The molecule has 0 bridgehead atoms. The van der Waals surface area contributed by atoms with E-state index in [1.165, 1.54) is 16.8 Å². The fourth-order valence-electron chi connectivity index (χ4n) is 2.68. The third-order valence-corrected chi connectivity index (χ3v) is 3.95. The molecule has 1 saturated heterocycles. The Labute approximate surface area is 126 Å². The van der Waals surface area contributed by atoms with Crippen LogP contribution in [0.25, 0.3) is 0 Å². The minimum absolute atomic E-state index is 0.959. The molecule has 110 valence electrons. The summed E-state index contributed by atoms with van der Waals surface area (Å²) in [6.07, 6.45) is 5.74. The summed E-state index contributed by atoms with van der Waals surface area (Å²) >= 11 is 0. The molecule has 1 aliphatic rings. The van der Waals surface area contributed by atoms with Crippen LogP contribution < -0.4 is 0 Å². The van der Waals surface area contributed by atoms with E-state index < -0.39 is 0 Å². The van der Waals surface area contributed by atoms with Crippen molar-refractivity contribution in [2.45, 2.75) is 20.0 Å². The number of aryl methyl sites for hydroxylation is 1. The van der Waals surface area contributed by atoms with Gasteiger partial charge in [0.25, 0.3) is 0 Å². The van der Waals surface area contributed by atoms with Crippen LogP contribution in [0, 0.1) is 6.92 Å². The van der Waals surface area contributed by atoms with Crippen molar-refractivity contribution in [3.63, 3.8) is 0 Å². The van der Waals surface area contributed by atoms with Gasteiger partial charge in [0.15, 0.2) is 0 Å². The molecule has 0 aliphatic carbocycles. The summed E-state index contributed by atoms with van der Waals surface area (Å²) < 4.78 is 0. The van der Waals surface area contributed by atoms with Crippen LogP contribution in [0.4, 0.5) is 0 Å². The SMILES string of the molecule is Cc1ccc(CN2CCN(Cc3cccnc3)CC2)nc1. The van der Waals surface area contributed by atoms with Crippen LogP contribution in [0.2, 0.25) is 0 Å². The fraction of sp³-hybridized carbons (Fsp3) is 0.412. The van der Waals surface area contributed by atoms with E-state index in [4.69, 9.17) is 0 Å². The molecule has 2 aromatic rings. The minimum Gasteiger partial charge on any atom is -0.296 e. The molecule has 1 aliphatic heterocycles. The number of piperazine rings is 1. The first-order valence-corrected chi connectivity index (χ1v) is 7.55. The van der Waals surface area contributed by atoms with E-state index in [2.05, 4.69) is 44.9 Å². The number of nitrogens with zero attached hydrogens (tertiary/aromatic N) is 4. The molecule has 0 amide bonds. The van der Waals surface area contributed by atoms with E-state index in [1.54, 1.807) is 0 Å². The fourth-order valence-corrected chi connectivity index (χ4v) is 2.68. The van der Waals surface area contributed by atoms with Crippen molar-refractivity contribution in [2.75, 3.05) is 26.2 Å². The third kappa shape index (κ3) is 4.09. The van der Waals surface area contributed by atoms with E-state index in [0.717, 1.165) is 39.3 Å². The van der Waals surface area contributed by atoms with Gasteiger partial charge in [0.1, 0.15) is 0 Å². The van der Waals surface area contributed by atoms with Crippen molar-refractivity contribution in [3.8, 4) is 0 Å². The summed E-state index contributed by atoms with van der Waals surface area (Å²) in [7, 11) is 0. The van der Waals surface area contributed by atoms with Gasteiger partial charge in [0, 0.05) is 57.9 Å².